The highest BCUT2D eigenvalue weighted by Crippen LogP contribution is 2.09. The second-order valence-electron chi connectivity index (χ2n) is 11.1. The van der Waals surface area contributed by atoms with Gasteiger partial charge >= 0.3 is 11.9 Å². The normalized spacial score (nSPS) is 11.4. The van der Waals surface area contributed by atoms with E-state index < -0.39 is 0 Å². The SMILES string of the molecule is CCCOC(=O)C[N+](C)(C)CCOCCCCCCCCCCOCC[N+](C)(C)CC(=O)OCCC.[Br-].[Br-]. The molecule has 0 bridgehead atoms. The molecule has 0 spiro atoms. The molecule has 0 fully saturated rings. The number of halogens is 2. The van der Waals surface area contributed by atoms with Gasteiger partial charge in [-0.15, -0.1) is 0 Å². The van der Waals surface area contributed by atoms with Gasteiger partial charge < -0.3 is 61.9 Å². The van der Waals surface area contributed by atoms with Crippen molar-refractivity contribution in [2.24, 2.45) is 0 Å². The molecule has 0 rings (SSSR count). The second kappa shape index (κ2) is 26.9. The molecule has 0 aromatic carbocycles. The Morgan fingerprint density at radius 2 is 0.816 bits per heavy atom. The van der Waals surface area contributed by atoms with Gasteiger partial charge in [0, 0.05) is 13.2 Å². The minimum atomic E-state index is -0.129. The van der Waals surface area contributed by atoms with Crippen LogP contribution in [0.3, 0.4) is 0 Å². The molecule has 38 heavy (non-hydrogen) atoms. The minimum Gasteiger partial charge on any atom is -1.00 e. The van der Waals surface area contributed by atoms with Crippen molar-refractivity contribution in [3.8, 4) is 0 Å². The van der Waals surface area contributed by atoms with Crippen molar-refractivity contribution >= 4 is 11.9 Å². The van der Waals surface area contributed by atoms with Gasteiger partial charge in [-0.25, -0.2) is 9.59 Å². The molecule has 0 unspecified atom stereocenters. The predicted molar refractivity (Wildman–Crippen MR) is 145 cm³/mol. The van der Waals surface area contributed by atoms with E-state index in [9.17, 15) is 9.59 Å². The molecule has 230 valence electrons. The first-order chi connectivity index (χ1) is 17.1. The van der Waals surface area contributed by atoms with Crippen molar-refractivity contribution in [1.29, 1.82) is 0 Å². The zero-order valence-corrected chi connectivity index (χ0v) is 28.4. The molecule has 0 aliphatic carbocycles. The zero-order chi connectivity index (χ0) is 27.1. The number of esters is 2. The van der Waals surface area contributed by atoms with Crippen molar-refractivity contribution in [2.75, 3.05) is 94.0 Å². The van der Waals surface area contributed by atoms with Crippen LogP contribution in [0.1, 0.15) is 78.1 Å². The van der Waals surface area contributed by atoms with Gasteiger partial charge in [0.25, 0.3) is 0 Å². The number of ether oxygens (including phenoxy) is 4. The summed E-state index contributed by atoms with van der Waals surface area (Å²) in [6.07, 6.45) is 11.4. The average Bonchev–Trinajstić information content (AvgIpc) is 2.80. The monoisotopic (exact) mass is 676 g/mol. The Morgan fingerprint density at radius 3 is 1.13 bits per heavy atom. The molecule has 0 aromatic rings. The van der Waals surface area contributed by atoms with E-state index in [-0.39, 0.29) is 45.9 Å². The maximum Gasteiger partial charge on any atom is 0.361 e. The number of carbonyl (C=O) groups excluding carboxylic acids is 2. The van der Waals surface area contributed by atoms with Crippen LogP contribution in [0.2, 0.25) is 0 Å². The maximum atomic E-state index is 11.8. The largest absolute Gasteiger partial charge is 1.00 e. The number of nitrogens with zero attached hydrogens (tertiary/aromatic N) is 2. The lowest BCUT2D eigenvalue weighted by atomic mass is 10.1. The summed E-state index contributed by atoms with van der Waals surface area (Å²) in [7, 11) is 8.16. The molecule has 0 saturated carbocycles. The number of rotatable bonds is 25. The number of likely N-dealkylation sites (N-methyl/N-ethyl adjacent to an activating group) is 2. The van der Waals surface area contributed by atoms with Gasteiger partial charge in [-0.2, -0.15) is 0 Å². The number of carbonyl (C=O) groups is 2. The standard InChI is InChI=1S/C28H58N2O6.2BrH/c1-7-19-35-27(31)25-29(3,4)17-23-33-21-15-13-11-9-10-12-14-16-22-34-24-18-30(5,6)26-28(32)36-20-8-2;;/h7-26H2,1-6H3;2*1H/q+2;;/p-2. The molecule has 0 atom stereocenters. The molecule has 0 aromatic heterocycles. The van der Waals surface area contributed by atoms with Gasteiger partial charge in [0.15, 0.2) is 13.1 Å². The first-order valence-corrected chi connectivity index (χ1v) is 14.2. The Bertz CT molecular complexity index is 517. The van der Waals surface area contributed by atoms with E-state index in [2.05, 4.69) is 0 Å². The fourth-order valence-electron chi connectivity index (χ4n) is 3.68. The molecular weight excluding hydrogens is 620 g/mol. The highest BCUT2D eigenvalue weighted by Gasteiger charge is 2.21. The van der Waals surface area contributed by atoms with Crippen LogP contribution in [0, 0.1) is 0 Å². The van der Waals surface area contributed by atoms with Crippen LogP contribution >= 0.6 is 0 Å². The van der Waals surface area contributed by atoms with Gasteiger partial charge in [0.2, 0.25) is 0 Å². The maximum absolute atomic E-state index is 11.8. The number of hydrogen-bond donors (Lipinski definition) is 0. The van der Waals surface area contributed by atoms with E-state index in [1.165, 1.54) is 38.5 Å². The van der Waals surface area contributed by atoms with Crippen LogP contribution in [0.15, 0.2) is 0 Å². The topological polar surface area (TPSA) is 71.1 Å². The van der Waals surface area contributed by atoms with Crippen LogP contribution in [0.5, 0.6) is 0 Å². The van der Waals surface area contributed by atoms with Gasteiger partial charge in [0.05, 0.1) is 54.6 Å². The summed E-state index contributed by atoms with van der Waals surface area (Å²) in [5.74, 6) is -0.258. The molecule has 0 amide bonds. The van der Waals surface area contributed by atoms with E-state index in [1.54, 1.807) is 0 Å². The molecule has 10 heteroatoms. The summed E-state index contributed by atoms with van der Waals surface area (Å²) < 4.78 is 23.1. The Morgan fingerprint density at radius 1 is 0.500 bits per heavy atom. The minimum absolute atomic E-state index is 0. The third kappa shape index (κ3) is 28.7. The van der Waals surface area contributed by atoms with Crippen molar-refractivity contribution < 1.29 is 71.5 Å². The Kier molecular flexibility index (Phi) is 29.9. The van der Waals surface area contributed by atoms with Crippen LogP contribution in [0.4, 0.5) is 0 Å². The van der Waals surface area contributed by atoms with Crippen LogP contribution in [-0.4, -0.2) is 115 Å². The third-order valence-electron chi connectivity index (χ3n) is 6.06. The van der Waals surface area contributed by atoms with E-state index in [0.717, 1.165) is 52.0 Å². The molecule has 8 nitrogen and oxygen atoms in total. The third-order valence-corrected chi connectivity index (χ3v) is 6.06. The highest BCUT2D eigenvalue weighted by atomic mass is 79.9. The van der Waals surface area contributed by atoms with Gasteiger partial charge in [0.1, 0.15) is 13.1 Å². The van der Waals surface area contributed by atoms with E-state index in [0.29, 0.717) is 48.5 Å². The Labute approximate surface area is 254 Å². The lowest BCUT2D eigenvalue weighted by molar-refractivity contribution is -0.883. The summed E-state index contributed by atoms with van der Waals surface area (Å²) in [6.45, 7) is 10.4. The predicted octanol–water partition coefficient (Wildman–Crippen LogP) is -1.79. The summed E-state index contributed by atoms with van der Waals surface area (Å²) in [5.41, 5.74) is 0. The number of quaternary nitrogens is 2. The smallest absolute Gasteiger partial charge is 0.361 e. The van der Waals surface area contributed by atoms with Gasteiger partial charge in [-0.3, -0.25) is 0 Å². The summed E-state index contributed by atoms with van der Waals surface area (Å²) >= 11 is 0. The van der Waals surface area contributed by atoms with Crippen LogP contribution in [0.25, 0.3) is 0 Å². The molecule has 0 saturated heterocycles. The zero-order valence-electron chi connectivity index (χ0n) is 25.2. The van der Waals surface area contributed by atoms with Crippen molar-refractivity contribution in [1.82, 2.24) is 0 Å². The molecule has 0 aliphatic rings. The summed E-state index contributed by atoms with van der Waals surface area (Å²) in [5, 5.41) is 0. The lowest BCUT2D eigenvalue weighted by Crippen LogP contribution is -3.00. The van der Waals surface area contributed by atoms with E-state index in [4.69, 9.17) is 18.9 Å². The van der Waals surface area contributed by atoms with Crippen LogP contribution < -0.4 is 34.0 Å². The molecule has 0 N–H and O–H groups in total. The summed E-state index contributed by atoms with van der Waals surface area (Å²) in [6, 6.07) is 0. The first-order valence-electron chi connectivity index (χ1n) is 14.2. The van der Waals surface area contributed by atoms with Crippen molar-refractivity contribution in [3.05, 3.63) is 0 Å². The highest BCUT2D eigenvalue weighted by molar-refractivity contribution is 5.70. The van der Waals surface area contributed by atoms with Crippen LogP contribution in [-0.2, 0) is 28.5 Å². The second-order valence-corrected chi connectivity index (χ2v) is 11.1. The molecule has 0 radical (unpaired) electrons. The Hall–Kier alpha value is -0.260. The quantitative estimate of drug-likeness (QED) is 0.0646. The fourth-order valence-corrected chi connectivity index (χ4v) is 3.68. The number of hydrogen-bond acceptors (Lipinski definition) is 6. The molecule has 0 aliphatic heterocycles. The lowest BCUT2D eigenvalue weighted by Gasteiger charge is -2.28. The Balaban J connectivity index is -0.00000612. The number of unbranched alkanes of at least 4 members (excludes halogenated alkanes) is 7. The van der Waals surface area contributed by atoms with Gasteiger partial charge in [-0.1, -0.05) is 52.4 Å². The van der Waals surface area contributed by atoms with Gasteiger partial charge in [-0.05, 0) is 25.7 Å². The average molecular weight is 679 g/mol. The van der Waals surface area contributed by atoms with E-state index in [1.807, 2.05) is 42.0 Å². The molecule has 0 heterocycles. The van der Waals surface area contributed by atoms with Crippen molar-refractivity contribution in [3.63, 3.8) is 0 Å². The van der Waals surface area contributed by atoms with E-state index >= 15 is 0 Å². The molecular formula is C28H58Br2N2O6. The first kappa shape index (κ1) is 42.2. The summed E-state index contributed by atoms with van der Waals surface area (Å²) in [4.78, 5) is 23.5. The fraction of sp³-hybridized carbons (Fsp3) is 0.929. The van der Waals surface area contributed by atoms with Crippen molar-refractivity contribution in [2.45, 2.75) is 78.1 Å².